The zero-order valence-electron chi connectivity index (χ0n) is 15.7. The molecular weight excluding hydrogens is 358 g/mol. The number of fused-ring (bicyclic) bond motifs is 2. The van der Waals surface area contributed by atoms with E-state index in [2.05, 4.69) is 14.1 Å². The first kappa shape index (κ1) is 17.7. The third kappa shape index (κ3) is 3.46. The number of aromatic nitrogens is 1. The Morgan fingerprint density at radius 2 is 2.00 bits per heavy atom. The molecule has 0 bridgehead atoms. The van der Waals surface area contributed by atoms with Crippen molar-refractivity contribution < 1.29 is 14.1 Å². The highest BCUT2D eigenvalue weighted by Crippen LogP contribution is 2.31. The van der Waals surface area contributed by atoms with Gasteiger partial charge < -0.3 is 9.32 Å². The van der Waals surface area contributed by atoms with E-state index in [1.807, 2.05) is 55.5 Å². The van der Waals surface area contributed by atoms with Crippen LogP contribution in [-0.4, -0.2) is 38.1 Å². The van der Waals surface area contributed by atoms with E-state index in [4.69, 9.17) is 9.40 Å². The number of anilines is 1. The summed E-state index contributed by atoms with van der Waals surface area (Å²) in [6, 6.07) is 15.6. The molecule has 1 N–H and O–H groups in total. The second-order valence-corrected chi connectivity index (χ2v) is 7.99. The number of carbonyl (C=O) groups is 1. The van der Waals surface area contributed by atoms with Gasteiger partial charge in [-0.2, -0.15) is 0 Å². The third-order valence-electron chi connectivity index (χ3n) is 4.56. The van der Waals surface area contributed by atoms with Gasteiger partial charge >= 0.3 is 0 Å². The smallest absolute Gasteiger partial charge is 0.296 e. The quantitative estimate of drug-likeness (QED) is 0.579. The fourth-order valence-corrected chi connectivity index (χ4v) is 4.10. The maximum atomic E-state index is 13.3. The second-order valence-electron chi connectivity index (χ2n) is 6.98. The Balaban J connectivity index is 1.74. The van der Waals surface area contributed by atoms with Crippen LogP contribution >= 0.6 is 11.3 Å². The van der Waals surface area contributed by atoms with Gasteiger partial charge in [0, 0.05) is 5.39 Å². The summed E-state index contributed by atoms with van der Waals surface area (Å²) in [4.78, 5) is 21.1. The number of rotatable bonds is 5. The first-order valence-electron chi connectivity index (χ1n) is 8.98. The van der Waals surface area contributed by atoms with Crippen LogP contribution in [0, 0.1) is 6.92 Å². The lowest BCUT2D eigenvalue weighted by atomic mass is 10.2. The molecule has 2 heterocycles. The van der Waals surface area contributed by atoms with Crippen molar-refractivity contribution in [1.82, 2.24) is 4.98 Å². The molecule has 0 spiro atoms. The summed E-state index contributed by atoms with van der Waals surface area (Å²) >= 11 is 1.54. The van der Waals surface area contributed by atoms with E-state index < -0.39 is 0 Å². The zero-order chi connectivity index (χ0) is 19.0. The summed E-state index contributed by atoms with van der Waals surface area (Å²) in [7, 11) is 4.15. The third-order valence-corrected chi connectivity index (χ3v) is 5.60. The van der Waals surface area contributed by atoms with Gasteiger partial charge in [0.2, 0.25) is 0 Å². The molecular formula is C21H22N3O2S+. The number of carbonyl (C=O) groups excluding carboxylic acids is 1. The first-order valence-corrected chi connectivity index (χ1v) is 9.80. The van der Waals surface area contributed by atoms with Crippen LogP contribution in [0.2, 0.25) is 0 Å². The number of hydrogen-bond acceptors (Lipinski definition) is 4. The van der Waals surface area contributed by atoms with Crippen molar-refractivity contribution in [2.24, 2.45) is 0 Å². The fraction of sp³-hybridized carbons (Fsp3) is 0.238. The topological polar surface area (TPSA) is 50.8 Å². The van der Waals surface area contributed by atoms with Gasteiger partial charge in [0.25, 0.3) is 5.91 Å². The number of aryl methyl sites for hydroxylation is 1. The number of nitrogens with zero attached hydrogens (tertiary/aromatic N) is 2. The van der Waals surface area contributed by atoms with E-state index in [9.17, 15) is 4.79 Å². The fourth-order valence-electron chi connectivity index (χ4n) is 3.03. The number of hydrogen-bond donors (Lipinski definition) is 1. The van der Waals surface area contributed by atoms with Crippen LogP contribution in [0.1, 0.15) is 16.1 Å². The Morgan fingerprint density at radius 3 is 2.74 bits per heavy atom. The van der Waals surface area contributed by atoms with E-state index in [0.29, 0.717) is 17.4 Å². The minimum Gasteiger partial charge on any atom is -0.451 e. The highest BCUT2D eigenvalue weighted by atomic mass is 32.1. The molecule has 27 heavy (non-hydrogen) atoms. The summed E-state index contributed by atoms with van der Waals surface area (Å²) in [5, 5.41) is 1.64. The predicted octanol–water partition coefficient (Wildman–Crippen LogP) is 3.14. The highest BCUT2D eigenvalue weighted by molar-refractivity contribution is 7.22. The molecule has 1 amide bonds. The van der Waals surface area contributed by atoms with Gasteiger partial charge in [0.15, 0.2) is 10.9 Å². The summed E-state index contributed by atoms with van der Waals surface area (Å²) < 4.78 is 6.90. The van der Waals surface area contributed by atoms with Crippen LogP contribution in [0.3, 0.4) is 0 Å². The number of thiazole rings is 1. The minimum atomic E-state index is -0.149. The van der Waals surface area contributed by atoms with Crippen molar-refractivity contribution in [1.29, 1.82) is 0 Å². The van der Waals surface area contributed by atoms with Gasteiger partial charge in [-0.25, -0.2) is 4.98 Å². The molecule has 2 aromatic carbocycles. The Bertz CT molecular complexity index is 1080. The molecule has 0 atom stereocenters. The van der Waals surface area contributed by atoms with E-state index in [0.717, 1.165) is 33.3 Å². The van der Waals surface area contributed by atoms with E-state index in [1.165, 1.54) is 4.90 Å². The number of quaternary nitrogens is 1. The zero-order valence-corrected chi connectivity index (χ0v) is 16.5. The van der Waals surface area contributed by atoms with Gasteiger partial charge in [0.05, 0.1) is 37.4 Å². The normalized spacial score (nSPS) is 11.6. The number of benzene rings is 2. The lowest BCUT2D eigenvalue weighted by molar-refractivity contribution is -0.856. The molecule has 6 heteroatoms. The largest absolute Gasteiger partial charge is 0.451 e. The van der Waals surface area contributed by atoms with Crippen LogP contribution in [0.4, 0.5) is 5.13 Å². The van der Waals surface area contributed by atoms with E-state index >= 15 is 0 Å². The van der Waals surface area contributed by atoms with Gasteiger partial charge in [-0.1, -0.05) is 41.7 Å². The van der Waals surface area contributed by atoms with Crippen molar-refractivity contribution in [2.45, 2.75) is 6.92 Å². The van der Waals surface area contributed by atoms with Crippen molar-refractivity contribution in [2.75, 3.05) is 32.1 Å². The van der Waals surface area contributed by atoms with Gasteiger partial charge in [0.1, 0.15) is 5.58 Å². The van der Waals surface area contributed by atoms with Crippen molar-refractivity contribution in [3.8, 4) is 0 Å². The van der Waals surface area contributed by atoms with Crippen LogP contribution in [0.15, 0.2) is 52.9 Å². The average Bonchev–Trinajstić information content (AvgIpc) is 3.26. The molecule has 138 valence electrons. The number of amides is 1. The Labute approximate surface area is 161 Å². The highest BCUT2D eigenvalue weighted by Gasteiger charge is 2.25. The molecule has 0 aliphatic heterocycles. The standard InChI is InChI=1S/C21H21N3O2S/c1-14-7-6-10-18-19(14)22-21(27-18)24(12-11-23(2)3)20(25)17-13-15-8-4-5-9-16(15)26-17/h4-10,13H,11-12H2,1-3H3/p+1. The molecule has 2 aromatic heterocycles. The SMILES string of the molecule is Cc1cccc2sc(N(CC[NH+](C)C)C(=O)c3cc4ccccc4o3)nc12. The van der Waals surface area contributed by atoms with Crippen molar-refractivity contribution >= 4 is 43.6 Å². The average molecular weight is 380 g/mol. The predicted molar refractivity (Wildman–Crippen MR) is 110 cm³/mol. The summed E-state index contributed by atoms with van der Waals surface area (Å²) in [5.41, 5.74) is 2.79. The molecule has 0 fully saturated rings. The molecule has 5 nitrogen and oxygen atoms in total. The Morgan fingerprint density at radius 1 is 1.19 bits per heavy atom. The lowest BCUT2D eigenvalue weighted by Gasteiger charge is -2.19. The summed E-state index contributed by atoms with van der Waals surface area (Å²) in [5.74, 6) is 0.199. The van der Waals surface area contributed by atoms with Gasteiger partial charge in [-0.05, 0) is 30.7 Å². The molecule has 0 saturated carbocycles. The van der Waals surface area contributed by atoms with E-state index in [-0.39, 0.29) is 5.91 Å². The molecule has 4 rings (SSSR count). The molecule has 0 radical (unpaired) electrons. The minimum absolute atomic E-state index is 0.149. The van der Waals surface area contributed by atoms with Gasteiger partial charge in [-0.15, -0.1) is 0 Å². The van der Waals surface area contributed by atoms with Crippen molar-refractivity contribution in [3.63, 3.8) is 0 Å². The Kier molecular flexibility index (Phi) is 4.68. The number of nitrogens with one attached hydrogen (secondary N) is 1. The van der Waals surface area contributed by atoms with Crippen LogP contribution in [-0.2, 0) is 0 Å². The molecule has 0 aliphatic rings. The molecule has 4 aromatic rings. The van der Waals surface area contributed by atoms with E-state index in [1.54, 1.807) is 16.2 Å². The maximum Gasteiger partial charge on any atom is 0.296 e. The number of likely N-dealkylation sites (N-methyl/N-ethyl adjacent to an activating group) is 1. The van der Waals surface area contributed by atoms with Crippen molar-refractivity contribution in [3.05, 3.63) is 59.9 Å². The van der Waals surface area contributed by atoms with Crippen LogP contribution in [0.25, 0.3) is 21.2 Å². The van der Waals surface area contributed by atoms with Crippen LogP contribution < -0.4 is 9.80 Å². The lowest BCUT2D eigenvalue weighted by Crippen LogP contribution is -3.06. The molecule has 0 saturated heterocycles. The second kappa shape index (κ2) is 7.13. The summed E-state index contributed by atoms with van der Waals surface area (Å²) in [6.07, 6.45) is 0. The monoisotopic (exact) mass is 380 g/mol. The number of furan rings is 1. The first-order chi connectivity index (χ1) is 13.0. The van der Waals surface area contributed by atoms with Crippen LogP contribution in [0.5, 0.6) is 0 Å². The Hall–Kier alpha value is -2.70. The number of para-hydroxylation sites is 2. The van der Waals surface area contributed by atoms with Gasteiger partial charge in [-0.3, -0.25) is 9.69 Å². The molecule has 0 unspecified atom stereocenters. The maximum absolute atomic E-state index is 13.3. The summed E-state index contributed by atoms with van der Waals surface area (Å²) in [6.45, 7) is 3.44. The molecule has 0 aliphatic carbocycles.